The molecule has 94 valence electrons. The largest absolute Gasteiger partial charge is 0.460 e. The van der Waals surface area contributed by atoms with E-state index in [2.05, 4.69) is 5.10 Å². The molecule has 1 rings (SSSR count). The van der Waals surface area contributed by atoms with Crippen molar-refractivity contribution in [2.24, 2.45) is 5.73 Å². The van der Waals surface area contributed by atoms with E-state index in [0.29, 0.717) is 6.54 Å². The number of carbonyl (C=O) groups excluding carboxylic acids is 2. The highest BCUT2D eigenvalue weighted by atomic mass is 16.6. The van der Waals surface area contributed by atoms with Gasteiger partial charge in [-0.3, -0.25) is 14.3 Å². The molecule has 0 atom stereocenters. The number of hydrogen-bond donors (Lipinski definition) is 1. The van der Waals surface area contributed by atoms with Crippen LogP contribution in [0.4, 0.5) is 0 Å². The van der Waals surface area contributed by atoms with Gasteiger partial charge in [-0.1, -0.05) is 0 Å². The molecule has 1 aromatic heterocycles. The molecule has 6 heteroatoms. The third kappa shape index (κ3) is 4.67. The zero-order chi connectivity index (χ0) is 13.1. The summed E-state index contributed by atoms with van der Waals surface area (Å²) in [6.07, 6.45) is 1.81. The third-order valence-corrected chi connectivity index (χ3v) is 1.86. The molecule has 2 N–H and O–H groups in total. The van der Waals surface area contributed by atoms with E-state index in [9.17, 15) is 9.59 Å². The van der Waals surface area contributed by atoms with E-state index in [1.807, 2.05) is 20.8 Å². The summed E-state index contributed by atoms with van der Waals surface area (Å²) in [6, 6.07) is 1.51. The van der Waals surface area contributed by atoms with Crippen LogP contribution in [-0.4, -0.2) is 27.3 Å². The van der Waals surface area contributed by atoms with Crippen LogP contribution in [-0.2, 0) is 16.1 Å². The Morgan fingerprint density at radius 3 is 2.59 bits per heavy atom. The molecule has 1 amide bonds. The Labute approximate surface area is 99.7 Å². The number of nitrogens with zero attached hydrogens (tertiary/aromatic N) is 2. The van der Waals surface area contributed by atoms with Gasteiger partial charge < -0.3 is 10.5 Å². The normalized spacial score (nSPS) is 11.2. The summed E-state index contributed by atoms with van der Waals surface area (Å²) in [5.41, 5.74) is 4.76. The highest BCUT2D eigenvalue weighted by Gasteiger charge is 2.16. The lowest BCUT2D eigenvalue weighted by Crippen LogP contribution is -2.24. The molecule has 0 saturated heterocycles. The zero-order valence-electron chi connectivity index (χ0n) is 10.3. The van der Waals surface area contributed by atoms with E-state index < -0.39 is 11.5 Å². The molecule has 1 aromatic rings. The van der Waals surface area contributed by atoms with Crippen LogP contribution in [0.5, 0.6) is 0 Å². The number of aryl methyl sites for hydroxylation is 1. The molecule has 0 aliphatic heterocycles. The topological polar surface area (TPSA) is 87.2 Å². The predicted molar refractivity (Wildman–Crippen MR) is 61.2 cm³/mol. The molecule has 0 radical (unpaired) electrons. The Morgan fingerprint density at radius 1 is 1.47 bits per heavy atom. The molecule has 0 aliphatic rings. The van der Waals surface area contributed by atoms with E-state index in [-0.39, 0.29) is 18.1 Å². The summed E-state index contributed by atoms with van der Waals surface area (Å²) in [5.74, 6) is -0.880. The van der Waals surface area contributed by atoms with Crippen molar-refractivity contribution >= 4 is 11.9 Å². The summed E-state index contributed by atoms with van der Waals surface area (Å²) in [6.45, 7) is 5.79. The minimum atomic E-state index is -0.582. The van der Waals surface area contributed by atoms with E-state index in [1.165, 1.54) is 10.7 Å². The Hall–Kier alpha value is -1.85. The second-order valence-corrected chi connectivity index (χ2v) is 4.66. The number of hydrogen-bond acceptors (Lipinski definition) is 4. The number of aromatic nitrogens is 2. The van der Waals surface area contributed by atoms with Crippen LogP contribution < -0.4 is 5.73 Å². The molecule has 0 aromatic carbocycles. The number of rotatable bonds is 4. The molecule has 1 heterocycles. The number of ether oxygens (including phenoxy) is 1. The lowest BCUT2D eigenvalue weighted by Gasteiger charge is -2.19. The van der Waals surface area contributed by atoms with Crippen molar-refractivity contribution in [1.29, 1.82) is 0 Å². The van der Waals surface area contributed by atoms with Gasteiger partial charge in [0.25, 0.3) is 5.91 Å². The number of primary amides is 1. The van der Waals surface area contributed by atoms with E-state index in [4.69, 9.17) is 10.5 Å². The maximum absolute atomic E-state index is 11.4. The lowest BCUT2D eigenvalue weighted by atomic mass is 10.2. The number of nitrogens with two attached hydrogens (primary N) is 1. The van der Waals surface area contributed by atoms with Crippen molar-refractivity contribution in [2.45, 2.75) is 39.3 Å². The average Bonchev–Trinajstić information content (AvgIpc) is 2.60. The molecule has 0 unspecified atom stereocenters. The van der Waals surface area contributed by atoms with Crippen LogP contribution in [0, 0.1) is 0 Å². The molecule has 0 bridgehead atoms. The van der Waals surface area contributed by atoms with Crippen molar-refractivity contribution in [3.05, 3.63) is 18.0 Å². The van der Waals surface area contributed by atoms with Gasteiger partial charge >= 0.3 is 5.97 Å². The first kappa shape index (κ1) is 13.2. The average molecular weight is 239 g/mol. The highest BCUT2D eigenvalue weighted by molar-refractivity contribution is 5.90. The van der Waals surface area contributed by atoms with Gasteiger partial charge in [0.1, 0.15) is 11.3 Å². The molecular formula is C11H17N3O3. The molecule has 0 spiro atoms. The minimum absolute atomic E-state index is 0.189. The molecule has 17 heavy (non-hydrogen) atoms. The van der Waals surface area contributed by atoms with Crippen LogP contribution in [0.15, 0.2) is 12.3 Å². The quantitative estimate of drug-likeness (QED) is 0.784. The fraction of sp³-hybridized carbons (Fsp3) is 0.545. The van der Waals surface area contributed by atoms with Gasteiger partial charge in [0, 0.05) is 6.20 Å². The van der Waals surface area contributed by atoms with E-state index in [0.717, 1.165) is 0 Å². The van der Waals surface area contributed by atoms with Crippen molar-refractivity contribution in [3.63, 3.8) is 0 Å². The maximum Gasteiger partial charge on any atom is 0.308 e. The van der Waals surface area contributed by atoms with Gasteiger partial charge in [-0.2, -0.15) is 5.10 Å². The Bertz CT molecular complexity index is 418. The highest BCUT2D eigenvalue weighted by Crippen LogP contribution is 2.08. The first-order valence-electron chi connectivity index (χ1n) is 5.33. The van der Waals surface area contributed by atoms with Crippen LogP contribution in [0.25, 0.3) is 0 Å². The van der Waals surface area contributed by atoms with Gasteiger partial charge in [0.05, 0.1) is 13.0 Å². The van der Waals surface area contributed by atoms with Crippen LogP contribution in [0.2, 0.25) is 0 Å². The van der Waals surface area contributed by atoms with Gasteiger partial charge in [-0.25, -0.2) is 0 Å². The molecule has 0 saturated carbocycles. The molecule has 6 nitrogen and oxygen atoms in total. The molecular weight excluding hydrogens is 222 g/mol. The number of carbonyl (C=O) groups is 2. The van der Waals surface area contributed by atoms with Gasteiger partial charge in [0.2, 0.25) is 0 Å². The van der Waals surface area contributed by atoms with Crippen LogP contribution in [0.1, 0.15) is 37.7 Å². The van der Waals surface area contributed by atoms with E-state index in [1.54, 1.807) is 6.20 Å². The fourth-order valence-corrected chi connectivity index (χ4v) is 1.22. The van der Waals surface area contributed by atoms with Crippen LogP contribution >= 0.6 is 0 Å². The summed E-state index contributed by atoms with van der Waals surface area (Å²) < 4.78 is 6.63. The van der Waals surface area contributed by atoms with Crippen LogP contribution in [0.3, 0.4) is 0 Å². The van der Waals surface area contributed by atoms with Gasteiger partial charge in [-0.15, -0.1) is 0 Å². The Balaban J connectivity index is 2.45. The van der Waals surface area contributed by atoms with Gasteiger partial charge in [0.15, 0.2) is 0 Å². The molecule has 0 fully saturated rings. The number of esters is 1. The molecule has 0 aliphatic carbocycles. The first-order chi connectivity index (χ1) is 7.78. The van der Waals surface area contributed by atoms with Gasteiger partial charge in [-0.05, 0) is 26.8 Å². The lowest BCUT2D eigenvalue weighted by molar-refractivity contribution is -0.155. The second kappa shape index (κ2) is 4.99. The van der Waals surface area contributed by atoms with Crippen molar-refractivity contribution < 1.29 is 14.3 Å². The summed E-state index contributed by atoms with van der Waals surface area (Å²) in [5, 5.41) is 3.91. The van der Waals surface area contributed by atoms with Crippen molar-refractivity contribution in [2.75, 3.05) is 0 Å². The summed E-state index contributed by atoms with van der Waals surface area (Å²) >= 11 is 0. The maximum atomic E-state index is 11.4. The fourth-order valence-electron chi connectivity index (χ4n) is 1.22. The minimum Gasteiger partial charge on any atom is -0.460 e. The third-order valence-electron chi connectivity index (χ3n) is 1.86. The zero-order valence-corrected chi connectivity index (χ0v) is 10.3. The van der Waals surface area contributed by atoms with E-state index >= 15 is 0 Å². The first-order valence-corrected chi connectivity index (χ1v) is 5.33. The summed E-state index contributed by atoms with van der Waals surface area (Å²) in [7, 11) is 0. The van der Waals surface area contributed by atoms with Crippen molar-refractivity contribution in [3.8, 4) is 0 Å². The Morgan fingerprint density at radius 2 is 2.12 bits per heavy atom. The predicted octanol–water partition coefficient (Wildman–Crippen LogP) is 0.714. The monoisotopic (exact) mass is 239 g/mol. The Kier molecular flexibility index (Phi) is 3.88. The smallest absolute Gasteiger partial charge is 0.308 e. The van der Waals surface area contributed by atoms with Crippen molar-refractivity contribution in [1.82, 2.24) is 9.78 Å². The second-order valence-electron chi connectivity index (χ2n) is 4.66. The standard InChI is InChI=1S/C11H17N3O3/c1-11(2,3)17-9(15)5-7-14-6-4-8(13-14)10(12)16/h4,6H,5,7H2,1-3H3,(H2,12,16). The summed E-state index contributed by atoms with van der Waals surface area (Å²) in [4.78, 5) is 22.2. The SMILES string of the molecule is CC(C)(C)OC(=O)CCn1ccc(C(N)=O)n1. The number of amides is 1.